The molecule has 3 atom stereocenters. The van der Waals surface area contributed by atoms with Crippen LogP contribution < -0.4 is 5.73 Å². The molecule has 0 radical (unpaired) electrons. The van der Waals surface area contributed by atoms with Crippen molar-refractivity contribution in [2.24, 2.45) is 11.7 Å². The lowest BCUT2D eigenvalue weighted by Gasteiger charge is -2.31. The van der Waals surface area contributed by atoms with Gasteiger partial charge in [0.1, 0.15) is 0 Å². The molecule has 1 saturated heterocycles. The summed E-state index contributed by atoms with van der Waals surface area (Å²) in [7, 11) is 0. The van der Waals surface area contributed by atoms with E-state index in [0.717, 1.165) is 45.5 Å². The highest BCUT2D eigenvalue weighted by molar-refractivity contribution is 4.96. The van der Waals surface area contributed by atoms with Crippen molar-refractivity contribution in [3.05, 3.63) is 0 Å². The Morgan fingerprint density at radius 2 is 2.28 bits per heavy atom. The van der Waals surface area contributed by atoms with E-state index in [1.54, 1.807) is 0 Å². The van der Waals surface area contributed by atoms with E-state index < -0.39 is 0 Å². The zero-order valence-corrected chi connectivity index (χ0v) is 11.6. The molecular formula is C14H28N2O2. The quantitative estimate of drug-likeness (QED) is 0.787. The molecule has 1 aliphatic heterocycles. The molecule has 4 nitrogen and oxygen atoms in total. The first-order chi connectivity index (χ1) is 8.64. The normalized spacial score (nSPS) is 38.8. The molecule has 1 heterocycles. The zero-order chi connectivity index (χ0) is 13.0. The molecule has 3 N–H and O–H groups in total. The molecule has 2 aliphatic rings. The predicted molar refractivity (Wildman–Crippen MR) is 72.4 cm³/mol. The van der Waals surface area contributed by atoms with Gasteiger partial charge in [0.2, 0.25) is 0 Å². The molecule has 3 unspecified atom stereocenters. The molecule has 2 fully saturated rings. The van der Waals surface area contributed by atoms with Crippen molar-refractivity contribution < 1.29 is 9.84 Å². The van der Waals surface area contributed by atoms with Crippen molar-refractivity contribution in [1.82, 2.24) is 4.90 Å². The van der Waals surface area contributed by atoms with Gasteiger partial charge in [-0.05, 0) is 45.1 Å². The third-order valence-corrected chi connectivity index (χ3v) is 4.63. The standard InChI is InChI=1S/C14H28N2O2/c1-12-10-16(7-3-9-18-12)8-5-13-4-2-6-14(13,15)11-17/h12-13,17H,2-11,15H2,1H3. The third kappa shape index (κ3) is 3.44. The number of ether oxygens (including phenoxy) is 1. The van der Waals surface area contributed by atoms with Crippen LogP contribution in [0.2, 0.25) is 0 Å². The van der Waals surface area contributed by atoms with Gasteiger partial charge in [-0.25, -0.2) is 0 Å². The Morgan fingerprint density at radius 1 is 1.44 bits per heavy atom. The van der Waals surface area contributed by atoms with Crippen molar-refractivity contribution in [3.8, 4) is 0 Å². The van der Waals surface area contributed by atoms with E-state index in [-0.39, 0.29) is 12.1 Å². The van der Waals surface area contributed by atoms with E-state index in [4.69, 9.17) is 10.5 Å². The second kappa shape index (κ2) is 6.33. The molecule has 0 amide bonds. The zero-order valence-electron chi connectivity index (χ0n) is 11.6. The summed E-state index contributed by atoms with van der Waals surface area (Å²) >= 11 is 0. The van der Waals surface area contributed by atoms with Gasteiger partial charge in [-0.2, -0.15) is 0 Å². The smallest absolute Gasteiger partial charge is 0.0673 e. The van der Waals surface area contributed by atoms with E-state index in [2.05, 4.69) is 11.8 Å². The number of nitrogens with zero attached hydrogens (tertiary/aromatic N) is 1. The molecule has 18 heavy (non-hydrogen) atoms. The van der Waals surface area contributed by atoms with Crippen LogP contribution in [0.1, 0.15) is 39.0 Å². The highest BCUT2D eigenvalue weighted by Gasteiger charge is 2.38. The van der Waals surface area contributed by atoms with Gasteiger partial charge in [-0.3, -0.25) is 0 Å². The Morgan fingerprint density at radius 3 is 3.06 bits per heavy atom. The highest BCUT2D eigenvalue weighted by Crippen LogP contribution is 2.35. The van der Waals surface area contributed by atoms with Gasteiger partial charge < -0.3 is 20.5 Å². The minimum atomic E-state index is -0.312. The fraction of sp³-hybridized carbons (Fsp3) is 1.00. The lowest BCUT2D eigenvalue weighted by molar-refractivity contribution is 0.0658. The Kier molecular flexibility index (Phi) is 5.01. The fourth-order valence-electron chi connectivity index (χ4n) is 3.43. The van der Waals surface area contributed by atoms with E-state index >= 15 is 0 Å². The first-order valence-electron chi connectivity index (χ1n) is 7.38. The molecule has 0 spiro atoms. The van der Waals surface area contributed by atoms with Gasteiger partial charge in [-0.1, -0.05) is 6.42 Å². The lowest BCUT2D eigenvalue weighted by atomic mass is 9.86. The first-order valence-corrected chi connectivity index (χ1v) is 7.38. The average Bonchev–Trinajstić information content (AvgIpc) is 2.60. The molecular weight excluding hydrogens is 228 g/mol. The van der Waals surface area contributed by atoms with Gasteiger partial charge in [0.15, 0.2) is 0 Å². The van der Waals surface area contributed by atoms with E-state index in [1.807, 2.05) is 0 Å². The first kappa shape index (κ1) is 14.3. The van der Waals surface area contributed by atoms with Crippen LogP contribution in [0.15, 0.2) is 0 Å². The van der Waals surface area contributed by atoms with Crippen molar-refractivity contribution in [1.29, 1.82) is 0 Å². The summed E-state index contributed by atoms with van der Waals surface area (Å²) in [5, 5.41) is 9.46. The summed E-state index contributed by atoms with van der Waals surface area (Å²) in [5.74, 6) is 0.488. The minimum absolute atomic E-state index is 0.136. The number of rotatable bonds is 4. The average molecular weight is 256 g/mol. The Bertz CT molecular complexity index is 262. The van der Waals surface area contributed by atoms with Crippen molar-refractivity contribution in [3.63, 3.8) is 0 Å². The van der Waals surface area contributed by atoms with Crippen molar-refractivity contribution in [2.45, 2.75) is 50.7 Å². The fourth-order valence-corrected chi connectivity index (χ4v) is 3.43. The molecule has 0 aromatic carbocycles. The number of hydrogen-bond acceptors (Lipinski definition) is 4. The second-order valence-electron chi connectivity index (χ2n) is 6.10. The van der Waals surface area contributed by atoms with Crippen LogP contribution in [0.3, 0.4) is 0 Å². The maximum atomic E-state index is 9.46. The maximum absolute atomic E-state index is 9.46. The monoisotopic (exact) mass is 256 g/mol. The summed E-state index contributed by atoms with van der Waals surface area (Å²) in [6.07, 6.45) is 5.91. The lowest BCUT2D eigenvalue weighted by Crippen LogP contribution is -2.48. The number of hydrogen-bond donors (Lipinski definition) is 2. The largest absolute Gasteiger partial charge is 0.394 e. The summed E-state index contributed by atoms with van der Waals surface area (Å²) in [6, 6.07) is 0. The molecule has 1 aliphatic carbocycles. The third-order valence-electron chi connectivity index (χ3n) is 4.63. The van der Waals surface area contributed by atoms with Gasteiger partial charge in [0.05, 0.1) is 12.7 Å². The Balaban J connectivity index is 1.79. The van der Waals surface area contributed by atoms with Gasteiger partial charge in [0, 0.05) is 25.2 Å². The van der Waals surface area contributed by atoms with Crippen LogP contribution in [0.4, 0.5) is 0 Å². The Labute approximate surface area is 110 Å². The summed E-state index contributed by atoms with van der Waals surface area (Å²) in [4.78, 5) is 2.49. The van der Waals surface area contributed by atoms with Gasteiger partial charge in [0.25, 0.3) is 0 Å². The van der Waals surface area contributed by atoms with E-state index in [0.29, 0.717) is 12.0 Å². The maximum Gasteiger partial charge on any atom is 0.0673 e. The second-order valence-corrected chi connectivity index (χ2v) is 6.10. The summed E-state index contributed by atoms with van der Waals surface area (Å²) < 4.78 is 5.66. The molecule has 2 rings (SSSR count). The van der Waals surface area contributed by atoms with Gasteiger partial charge >= 0.3 is 0 Å². The highest BCUT2D eigenvalue weighted by atomic mass is 16.5. The van der Waals surface area contributed by atoms with Crippen LogP contribution in [0, 0.1) is 5.92 Å². The van der Waals surface area contributed by atoms with Gasteiger partial charge in [-0.15, -0.1) is 0 Å². The number of aliphatic hydroxyl groups is 1. The molecule has 4 heteroatoms. The number of nitrogens with two attached hydrogens (primary N) is 1. The van der Waals surface area contributed by atoms with Crippen LogP contribution in [0.25, 0.3) is 0 Å². The number of aliphatic hydroxyl groups excluding tert-OH is 1. The van der Waals surface area contributed by atoms with Crippen LogP contribution in [0.5, 0.6) is 0 Å². The van der Waals surface area contributed by atoms with Crippen molar-refractivity contribution >= 4 is 0 Å². The minimum Gasteiger partial charge on any atom is -0.394 e. The molecule has 0 aromatic heterocycles. The van der Waals surface area contributed by atoms with Crippen LogP contribution in [-0.2, 0) is 4.74 Å². The molecule has 0 bridgehead atoms. The van der Waals surface area contributed by atoms with Crippen molar-refractivity contribution in [2.75, 3.05) is 32.8 Å². The SMILES string of the molecule is CC1CN(CCC2CCCC2(N)CO)CCCO1. The Hall–Kier alpha value is -0.160. The summed E-state index contributed by atoms with van der Waals surface area (Å²) in [5.41, 5.74) is 5.97. The molecule has 106 valence electrons. The molecule has 0 aromatic rings. The molecule has 1 saturated carbocycles. The van der Waals surface area contributed by atoms with Crippen LogP contribution >= 0.6 is 0 Å². The van der Waals surface area contributed by atoms with E-state index in [9.17, 15) is 5.11 Å². The summed E-state index contributed by atoms with van der Waals surface area (Å²) in [6.45, 7) is 6.43. The van der Waals surface area contributed by atoms with Crippen LogP contribution in [-0.4, -0.2) is 54.5 Å². The van der Waals surface area contributed by atoms with E-state index in [1.165, 1.54) is 12.8 Å². The predicted octanol–water partition coefficient (Wildman–Crippen LogP) is 0.977. The topological polar surface area (TPSA) is 58.7 Å².